The number of rotatable bonds is 18. The van der Waals surface area contributed by atoms with Crippen LogP contribution in [0.3, 0.4) is 0 Å². The van der Waals surface area contributed by atoms with Gasteiger partial charge < -0.3 is 35.7 Å². The number of aliphatic hydroxyl groups excluding tert-OH is 1. The number of nitrogens with two attached hydrogens (primary N) is 1. The van der Waals surface area contributed by atoms with E-state index in [0.717, 1.165) is 16.7 Å². The monoisotopic (exact) mass is 1470 g/mol. The van der Waals surface area contributed by atoms with Crippen LogP contribution in [0.25, 0.3) is 0 Å². The van der Waals surface area contributed by atoms with Gasteiger partial charge in [-0.2, -0.15) is 84.1 Å². The quantitative estimate of drug-likeness (QED) is 0.0270. The third kappa shape index (κ3) is 20.1. The first-order chi connectivity index (χ1) is 47.6. The lowest BCUT2D eigenvalue weighted by molar-refractivity contribution is -0.524. The predicted octanol–water partition coefficient (Wildman–Crippen LogP) is 15.8. The molecule has 0 aliphatic carbocycles. The lowest BCUT2D eigenvalue weighted by atomic mass is 9.81. The van der Waals surface area contributed by atoms with Gasteiger partial charge >= 0.3 is 42.7 Å². The number of aromatic amines is 1. The molecule has 0 spiro atoms. The molecule has 6 aromatic carbocycles. The molecule has 9 atom stereocenters. The Labute approximate surface area is 572 Å². The number of hydrogen-bond acceptors (Lipinski definition) is 12. The average molecular weight is 1470 g/mol. The Morgan fingerprint density at radius 2 is 0.804 bits per heavy atom. The number of ether oxygens (including phenoxy) is 3. The molecule has 33 heteroatoms. The summed E-state index contributed by atoms with van der Waals surface area (Å²) in [5.74, 6) is 0.184. The first-order valence-corrected chi connectivity index (χ1v) is 31.9. The maximum absolute atomic E-state index is 13.3. The molecule has 0 bridgehead atoms. The van der Waals surface area contributed by atoms with Gasteiger partial charge in [-0.05, 0) is 141 Å². The van der Waals surface area contributed by atoms with E-state index in [1.54, 1.807) is 42.5 Å². The van der Waals surface area contributed by atoms with Crippen LogP contribution in [0, 0.1) is 10.1 Å². The Bertz CT molecular complexity index is 3840. The number of aromatic nitrogens is 3. The van der Waals surface area contributed by atoms with Gasteiger partial charge in [0.2, 0.25) is 6.04 Å². The Kier molecular flexibility index (Phi) is 25.0. The molecule has 556 valence electrons. The number of piperidine rings is 3. The second-order valence-electron chi connectivity index (χ2n) is 25.3. The molecule has 1 aromatic heterocycles. The molecular formula is C69H72F18N8O7. The molecule has 3 fully saturated rings. The maximum Gasteiger partial charge on any atom is 0.416 e. The summed E-state index contributed by atoms with van der Waals surface area (Å²) < 4.78 is 257. The first-order valence-electron chi connectivity index (χ1n) is 31.9. The molecule has 0 saturated carbocycles. The minimum atomic E-state index is -4.96. The van der Waals surface area contributed by atoms with Gasteiger partial charge in [-0.3, -0.25) is 20.0 Å². The highest BCUT2D eigenvalue weighted by molar-refractivity contribution is 5.38. The molecular weight excluding hydrogens is 1390 g/mol. The standard InChI is InChI=1S/C25H26F6N4O3.C22H22F6N2O3.C22H24F6N2O/c1-15(16-9-18(24(26,27)28)11-19(10-16)25(29,30)31)38-14-23(17-5-3-2-4-6-17)8-7-20(12-32-23)35-21(13-36)33-34-22(35)37;1-14(15-9-17(21(23,24)25)11-18(10-15)22(26,27)28)33-13-20(16-5-3-2-4-6-16)8-7-19(12-29-20)30(31)32;1-14(15-9-17(21(23,24)25)11-18(10-15)22(26,27)28)31-13-20(8-7-19(29)12-30-20)16-5-3-2-4-6-16/h2-6,9-11,15,20,32,36H,7-8,12-14H2,1H3,(H,34,37);2-6,9-11,14,19,29H,7-8,12-13H2,1H3;2-6,9-11,14,19,30H,7-8,12-13,29H2,1H3/t15-,20+,23-;2*14-,19+,20-/m111/s1. The van der Waals surface area contributed by atoms with Crippen LogP contribution >= 0.6 is 0 Å². The summed E-state index contributed by atoms with van der Waals surface area (Å²) in [6, 6.07) is 30.6. The SMILES string of the molecule is C[C@@H](OC[C@@]1(c2ccccc2)CC[C@H](N)CN1)c1cc(C(F)(F)F)cc(C(F)(F)F)c1.C[C@@H](OC[C@@]1(c2ccccc2)CC[C@H]([N+](=O)[O-])CN1)c1cc(C(F)(F)F)cc(C(F)(F)F)c1.C[C@@H](OC[C@@]1(c2ccccc2)CC[C@H](n2c(CO)n[nH]c2=O)CN1)c1cc(C(F)(F)F)cc(C(F)(F)F)c1. The summed E-state index contributed by atoms with van der Waals surface area (Å²) in [5, 5.41) is 36.6. The highest BCUT2D eigenvalue weighted by Gasteiger charge is 2.45. The molecule has 3 aliphatic heterocycles. The van der Waals surface area contributed by atoms with Crippen molar-refractivity contribution in [2.24, 2.45) is 5.73 Å². The maximum atomic E-state index is 13.3. The van der Waals surface area contributed by atoms with E-state index in [-0.39, 0.29) is 97.1 Å². The third-order valence-electron chi connectivity index (χ3n) is 18.3. The highest BCUT2D eigenvalue weighted by Crippen LogP contribution is 2.44. The topological polar surface area (TPSA) is 204 Å². The molecule has 15 nitrogen and oxygen atoms in total. The van der Waals surface area contributed by atoms with Crippen LogP contribution < -0.4 is 27.4 Å². The summed E-state index contributed by atoms with van der Waals surface area (Å²) in [6.07, 6.45) is -30.0. The van der Waals surface area contributed by atoms with Gasteiger partial charge in [-0.1, -0.05) is 91.0 Å². The minimum Gasteiger partial charge on any atom is -0.388 e. The summed E-state index contributed by atoms with van der Waals surface area (Å²) >= 11 is 0. The van der Waals surface area contributed by atoms with Crippen molar-refractivity contribution in [3.05, 3.63) is 239 Å². The summed E-state index contributed by atoms with van der Waals surface area (Å²) in [5.41, 5.74) is -3.34. The Morgan fingerprint density at radius 3 is 1.06 bits per heavy atom. The smallest absolute Gasteiger partial charge is 0.388 e. The summed E-state index contributed by atoms with van der Waals surface area (Å²) in [4.78, 5) is 23.0. The average Bonchev–Trinajstić information content (AvgIpc) is 1.27. The molecule has 0 radical (unpaired) electrons. The van der Waals surface area contributed by atoms with Crippen LogP contribution in [0.1, 0.15) is 156 Å². The molecule has 10 rings (SSSR count). The second kappa shape index (κ2) is 32.0. The van der Waals surface area contributed by atoms with Gasteiger partial charge in [-0.15, -0.1) is 0 Å². The Hall–Kier alpha value is -7.92. The fraction of sp³-hybridized carbons (Fsp3) is 0.449. The van der Waals surface area contributed by atoms with Crippen molar-refractivity contribution in [2.45, 2.75) is 156 Å². The van der Waals surface area contributed by atoms with Crippen LogP contribution in [0.15, 0.2) is 150 Å². The van der Waals surface area contributed by atoms with E-state index in [1.165, 1.54) is 25.3 Å². The molecule has 0 unspecified atom stereocenters. The van der Waals surface area contributed by atoms with Crippen molar-refractivity contribution in [1.29, 1.82) is 0 Å². The van der Waals surface area contributed by atoms with Gasteiger partial charge in [0, 0.05) is 30.5 Å². The Morgan fingerprint density at radius 1 is 0.500 bits per heavy atom. The van der Waals surface area contributed by atoms with E-state index in [1.807, 2.05) is 48.5 Å². The number of nitrogens with one attached hydrogen (secondary N) is 4. The van der Waals surface area contributed by atoms with Gasteiger partial charge in [0.05, 0.1) is 101 Å². The van der Waals surface area contributed by atoms with Gasteiger partial charge in [0.1, 0.15) is 6.61 Å². The third-order valence-corrected chi connectivity index (χ3v) is 18.3. The summed E-state index contributed by atoms with van der Waals surface area (Å²) in [6.45, 7) is 4.56. The normalized spacial score (nSPS) is 22.5. The van der Waals surface area contributed by atoms with Gasteiger partial charge in [0.15, 0.2) is 5.82 Å². The van der Waals surface area contributed by atoms with Crippen molar-refractivity contribution in [3.63, 3.8) is 0 Å². The van der Waals surface area contributed by atoms with Gasteiger partial charge in [0.25, 0.3) is 0 Å². The van der Waals surface area contributed by atoms with Crippen LogP contribution in [0.5, 0.6) is 0 Å². The number of benzene rings is 6. The molecule has 3 saturated heterocycles. The van der Waals surface area contributed by atoms with Crippen LogP contribution in [-0.2, 0) is 74.5 Å². The second-order valence-corrected chi connectivity index (χ2v) is 25.3. The molecule has 0 amide bonds. The largest absolute Gasteiger partial charge is 0.416 e. The number of alkyl halides is 18. The lowest BCUT2D eigenvalue weighted by Crippen LogP contribution is -2.55. The van der Waals surface area contributed by atoms with E-state index < -0.39 is 124 Å². The number of halogens is 18. The number of nitrogens with zero attached hydrogens (tertiary/aromatic N) is 3. The molecule has 4 heterocycles. The number of hydrogen-bond donors (Lipinski definition) is 6. The zero-order valence-electron chi connectivity index (χ0n) is 54.6. The van der Waals surface area contributed by atoms with E-state index in [9.17, 15) is 99.0 Å². The fourth-order valence-electron chi connectivity index (χ4n) is 12.4. The van der Waals surface area contributed by atoms with E-state index in [4.69, 9.17) is 19.9 Å². The zero-order valence-corrected chi connectivity index (χ0v) is 54.6. The highest BCUT2D eigenvalue weighted by atomic mass is 19.4. The van der Waals surface area contributed by atoms with E-state index in [2.05, 4.69) is 26.1 Å². The van der Waals surface area contributed by atoms with Crippen molar-refractivity contribution in [1.82, 2.24) is 30.7 Å². The zero-order chi connectivity index (χ0) is 75.0. The Balaban J connectivity index is 0.000000195. The predicted molar refractivity (Wildman–Crippen MR) is 335 cm³/mol. The fourth-order valence-corrected chi connectivity index (χ4v) is 12.4. The van der Waals surface area contributed by atoms with Crippen molar-refractivity contribution < 1.29 is 103 Å². The minimum absolute atomic E-state index is 0.0351. The molecule has 3 aliphatic rings. The van der Waals surface area contributed by atoms with Crippen molar-refractivity contribution in [2.75, 3.05) is 39.5 Å². The van der Waals surface area contributed by atoms with E-state index >= 15 is 0 Å². The van der Waals surface area contributed by atoms with Gasteiger partial charge in [-0.25, -0.2) is 9.89 Å². The van der Waals surface area contributed by atoms with Crippen molar-refractivity contribution >= 4 is 0 Å². The lowest BCUT2D eigenvalue weighted by Gasteiger charge is -2.42. The molecule has 7 aromatic rings. The number of H-pyrrole nitrogens is 1. The van der Waals surface area contributed by atoms with Crippen LogP contribution in [0.2, 0.25) is 0 Å². The van der Waals surface area contributed by atoms with Crippen molar-refractivity contribution in [3.8, 4) is 0 Å². The molecule has 102 heavy (non-hydrogen) atoms. The van der Waals surface area contributed by atoms with E-state index in [0.29, 0.717) is 75.0 Å². The first kappa shape index (κ1) is 79.8. The molecule has 7 N–H and O–H groups in total. The number of nitro groups is 1. The van der Waals surface area contributed by atoms with Crippen LogP contribution in [0.4, 0.5) is 79.0 Å². The number of aliphatic hydroxyl groups is 1. The summed E-state index contributed by atoms with van der Waals surface area (Å²) in [7, 11) is 0. The van der Waals surface area contributed by atoms with Crippen LogP contribution in [-0.4, -0.2) is 76.3 Å².